The Hall–Kier alpha value is -3.36. The first kappa shape index (κ1) is 20.9. The van der Waals surface area contributed by atoms with Crippen molar-refractivity contribution in [3.8, 4) is 22.6 Å². The Morgan fingerprint density at radius 2 is 1.94 bits per heavy atom. The monoisotopic (exact) mass is 455 g/mol. The average Bonchev–Trinajstić information content (AvgIpc) is 3.21. The van der Waals surface area contributed by atoms with Gasteiger partial charge in [0, 0.05) is 22.0 Å². The summed E-state index contributed by atoms with van der Waals surface area (Å²) >= 11 is 7.35. The number of carbonyl (C=O) groups excluding carboxylic acids is 1. The van der Waals surface area contributed by atoms with E-state index in [4.69, 9.17) is 21.1 Å². The molecule has 0 unspecified atom stereocenters. The zero-order valence-electron chi connectivity index (χ0n) is 16.7. The topological polar surface area (TPSA) is 82.5 Å². The molecular weight excluding hydrogens is 438 g/mol. The van der Waals surface area contributed by atoms with Crippen LogP contribution in [-0.2, 0) is 11.3 Å². The van der Waals surface area contributed by atoms with Gasteiger partial charge in [0.25, 0.3) is 5.56 Å². The summed E-state index contributed by atoms with van der Waals surface area (Å²) in [6, 6.07) is 12.3. The van der Waals surface area contributed by atoms with Crippen molar-refractivity contribution in [3.63, 3.8) is 0 Å². The fourth-order valence-corrected chi connectivity index (χ4v) is 4.20. The highest BCUT2D eigenvalue weighted by atomic mass is 35.5. The Kier molecular flexibility index (Phi) is 5.92. The molecule has 0 saturated carbocycles. The van der Waals surface area contributed by atoms with Gasteiger partial charge in [-0.1, -0.05) is 23.7 Å². The van der Waals surface area contributed by atoms with Crippen molar-refractivity contribution in [1.29, 1.82) is 0 Å². The van der Waals surface area contributed by atoms with Crippen LogP contribution in [0.15, 0.2) is 59.0 Å². The molecule has 0 bridgehead atoms. The van der Waals surface area contributed by atoms with E-state index in [9.17, 15) is 9.59 Å². The number of anilines is 1. The Morgan fingerprint density at radius 3 is 2.65 bits per heavy atom. The van der Waals surface area contributed by atoms with Gasteiger partial charge >= 0.3 is 0 Å². The average molecular weight is 456 g/mol. The van der Waals surface area contributed by atoms with Crippen LogP contribution in [0.5, 0.6) is 11.5 Å². The van der Waals surface area contributed by atoms with Crippen molar-refractivity contribution < 1.29 is 14.3 Å². The van der Waals surface area contributed by atoms with Gasteiger partial charge in [-0.3, -0.25) is 14.2 Å². The Bertz CT molecular complexity index is 1310. The third kappa shape index (κ3) is 4.26. The zero-order valence-corrected chi connectivity index (χ0v) is 18.3. The molecule has 158 valence electrons. The molecule has 1 N–H and O–H groups in total. The summed E-state index contributed by atoms with van der Waals surface area (Å²) < 4.78 is 11.8. The fourth-order valence-electron chi connectivity index (χ4n) is 3.17. The number of carbonyl (C=O) groups is 1. The minimum atomic E-state index is -0.380. The number of methoxy groups -OCH3 is 2. The number of hydrogen-bond donors (Lipinski definition) is 1. The molecule has 0 atom stereocenters. The number of nitrogens with one attached hydrogen (secondary N) is 1. The zero-order chi connectivity index (χ0) is 22.0. The van der Waals surface area contributed by atoms with Gasteiger partial charge in [-0.2, -0.15) is 0 Å². The van der Waals surface area contributed by atoms with E-state index in [0.29, 0.717) is 32.4 Å². The first-order valence-electron chi connectivity index (χ1n) is 9.24. The molecule has 2 heterocycles. The van der Waals surface area contributed by atoms with Crippen molar-refractivity contribution in [2.75, 3.05) is 19.5 Å². The predicted octanol–water partition coefficient (Wildman–Crippen LogP) is 4.43. The third-order valence-electron chi connectivity index (χ3n) is 4.71. The molecule has 0 aliphatic rings. The number of thiophene rings is 1. The second kappa shape index (κ2) is 8.79. The standard InChI is InChI=1S/C22H18ClN3O4S/c1-29-15-7-8-17(18(9-15)30-2)25-19(27)10-26-12-24-21-20(22(26)28)16(11-31-21)13-3-5-14(23)6-4-13/h3-9,11-12H,10H2,1-2H3,(H,25,27). The molecule has 2 aromatic carbocycles. The number of halogens is 1. The molecule has 0 radical (unpaired) electrons. The number of amides is 1. The second-order valence-electron chi connectivity index (χ2n) is 6.63. The maximum Gasteiger partial charge on any atom is 0.263 e. The van der Waals surface area contributed by atoms with Crippen LogP contribution < -0.4 is 20.3 Å². The first-order valence-corrected chi connectivity index (χ1v) is 10.5. The van der Waals surface area contributed by atoms with E-state index in [-0.39, 0.29) is 18.0 Å². The molecule has 1 amide bonds. The van der Waals surface area contributed by atoms with E-state index < -0.39 is 0 Å². The highest BCUT2D eigenvalue weighted by molar-refractivity contribution is 7.17. The lowest BCUT2D eigenvalue weighted by Gasteiger charge is -2.12. The summed E-state index contributed by atoms with van der Waals surface area (Å²) in [5.41, 5.74) is 1.82. The van der Waals surface area contributed by atoms with Crippen LogP contribution in [0.25, 0.3) is 21.3 Å². The van der Waals surface area contributed by atoms with Crippen molar-refractivity contribution in [2.45, 2.75) is 6.54 Å². The van der Waals surface area contributed by atoms with Gasteiger partial charge in [0.05, 0.1) is 31.6 Å². The molecule has 4 rings (SSSR count). The van der Waals surface area contributed by atoms with Gasteiger partial charge in [0.15, 0.2) is 0 Å². The van der Waals surface area contributed by atoms with Crippen molar-refractivity contribution in [2.24, 2.45) is 0 Å². The lowest BCUT2D eigenvalue weighted by Crippen LogP contribution is -2.27. The molecular formula is C22H18ClN3O4S. The van der Waals surface area contributed by atoms with Gasteiger partial charge in [0.2, 0.25) is 5.91 Å². The largest absolute Gasteiger partial charge is 0.497 e. The van der Waals surface area contributed by atoms with Crippen LogP contribution in [0.4, 0.5) is 5.69 Å². The van der Waals surface area contributed by atoms with E-state index in [1.165, 1.54) is 29.3 Å². The number of nitrogens with zero attached hydrogens (tertiary/aromatic N) is 2. The lowest BCUT2D eigenvalue weighted by atomic mass is 10.1. The van der Waals surface area contributed by atoms with Crippen molar-refractivity contribution >= 4 is 44.7 Å². The Morgan fingerprint density at radius 1 is 1.16 bits per heavy atom. The summed E-state index contributed by atoms with van der Waals surface area (Å²) in [5.74, 6) is 0.680. The number of rotatable bonds is 6. The first-order chi connectivity index (χ1) is 15.0. The lowest BCUT2D eigenvalue weighted by molar-refractivity contribution is -0.116. The maximum atomic E-state index is 13.1. The van der Waals surface area contributed by atoms with E-state index >= 15 is 0 Å². The smallest absolute Gasteiger partial charge is 0.263 e. The van der Waals surface area contributed by atoms with Crippen LogP contribution in [0, 0.1) is 0 Å². The SMILES string of the molecule is COc1ccc(NC(=O)Cn2cnc3scc(-c4ccc(Cl)cc4)c3c2=O)c(OC)c1. The molecule has 31 heavy (non-hydrogen) atoms. The summed E-state index contributed by atoms with van der Waals surface area (Å²) in [4.78, 5) is 30.7. The molecule has 2 aromatic heterocycles. The summed E-state index contributed by atoms with van der Waals surface area (Å²) in [7, 11) is 3.05. The Labute approximate surface area is 186 Å². The minimum absolute atomic E-state index is 0.188. The second-order valence-corrected chi connectivity index (χ2v) is 7.92. The summed E-state index contributed by atoms with van der Waals surface area (Å²) in [6.07, 6.45) is 1.39. The van der Waals surface area contributed by atoms with Gasteiger partial charge in [-0.25, -0.2) is 4.98 Å². The van der Waals surface area contributed by atoms with Crippen LogP contribution in [0.1, 0.15) is 0 Å². The van der Waals surface area contributed by atoms with Gasteiger partial charge in [-0.15, -0.1) is 11.3 Å². The highest BCUT2D eigenvalue weighted by Gasteiger charge is 2.16. The van der Waals surface area contributed by atoms with E-state index in [1.54, 1.807) is 37.4 Å². The predicted molar refractivity (Wildman–Crippen MR) is 123 cm³/mol. The normalized spacial score (nSPS) is 10.8. The van der Waals surface area contributed by atoms with E-state index in [0.717, 1.165) is 11.1 Å². The highest BCUT2D eigenvalue weighted by Crippen LogP contribution is 2.31. The third-order valence-corrected chi connectivity index (χ3v) is 5.85. The summed E-state index contributed by atoms with van der Waals surface area (Å²) in [6.45, 7) is -0.188. The van der Waals surface area contributed by atoms with Crippen LogP contribution in [0.3, 0.4) is 0 Å². The van der Waals surface area contributed by atoms with Gasteiger partial charge in [-0.05, 0) is 29.8 Å². The number of hydrogen-bond acceptors (Lipinski definition) is 6. The minimum Gasteiger partial charge on any atom is -0.497 e. The molecule has 0 fully saturated rings. The molecule has 9 heteroatoms. The number of aromatic nitrogens is 2. The van der Waals surface area contributed by atoms with E-state index in [2.05, 4.69) is 10.3 Å². The number of benzene rings is 2. The van der Waals surface area contributed by atoms with Crippen molar-refractivity contribution in [1.82, 2.24) is 9.55 Å². The fraction of sp³-hybridized carbons (Fsp3) is 0.136. The van der Waals surface area contributed by atoms with Crippen LogP contribution >= 0.6 is 22.9 Å². The van der Waals surface area contributed by atoms with Crippen LogP contribution in [0.2, 0.25) is 5.02 Å². The summed E-state index contributed by atoms with van der Waals surface area (Å²) in [5, 5.41) is 5.74. The van der Waals surface area contributed by atoms with Crippen molar-refractivity contribution in [3.05, 3.63) is 69.5 Å². The Balaban J connectivity index is 1.62. The molecule has 0 aliphatic heterocycles. The van der Waals surface area contributed by atoms with Crippen LogP contribution in [-0.4, -0.2) is 29.7 Å². The molecule has 7 nitrogen and oxygen atoms in total. The van der Waals surface area contributed by atoms with E-state index in [1.807, 2.05) is 17.5 Å². The molecule has 4 aromatic rings. The van der Waals surface area contributed by atoms with Gasteiger partial charge < -0.3 is 14.8 Å². The quantitative estimate of drug-likeness (QED) is 0.465. The molecule has 0 spiro atoms. The number of fused-ring (bicyclic) bond motifs is 1. The maximum absolute atomic E-state index is 13.1. The molecule has 0 saturated heterocycles. The molecule has 0 aliphatic carbocycles. The van der Waals surface area contributed by atoms with Gasteiger partial charge in [0.1, 0.15) is 22.9 Å². The number of ether oxygens (including phenoxy) is 2.